The van der Waals surface area contributed by atoms with Crippen LogP contribution in [0, 0.1) is 5.82 Å². The molecule has 5 rings (SSSR count). The Morgan fingerprint density at radius 3 is 2.30 bits per heavy atom. The second-order valence-electron chi connectivity index (χ2n) is 9.75. The number of hydrogen-bond donors (Lipinski definition) is 1. The van der Waals surface area contributed by atoms with Crippen LogP contribution >= 0.6 is 0 Å². The third kappa shape index (κ3) is 5.06. The number of ether oxygens (including phenoxy) is 2. The largest absolute Gasteiger partial charge is 0.507 e. The van der Waals surface area contributed by atoms with Crippen molar-refractivity contribution in [2.24, 2.45) is 0 Å². The zero-order valence-corrected chi connectivity index (χ0v) is 22.3. The first-order valence-corrected chi connectivity index (χ1v) is 12.9. The fourth-order valence-corrected chi connectivity index (χ4v) is 4.90. The zero-order valence-electron chi connectivity index (χ0n) is 22.3. The van der Waals surface area contributed by atoms with E-state index in [4.69, 9.17) is 9.47 Å². The number of aliphatic hydroxyl groups is 1. The van der Waals surface area contributed by atoms with Crippen LogP contribution in [0.1, 0.15) is 42.5 Å². The summed E-state index contributed by atoms with van der Waals surface area (Å²) in [5, 5.41) is 11.6. The molecule has 202 valence electrons. The van der Waals surface area contributed by atoms with Crippen molar-refractivity contribution in [2.45, 2.75) is 25.8 Å². The number of nitrogens with zero attached hydrogens (tertiary/aromatic N) is 1. The van der Waals surface area contributed by atoms with E-state index in [2.05, 4.69) is 0 Å². The molecule has 6 nitrogen and oxygen atoms in total. The number of hydrogen-bond acceptors (Lipinski definition) is 5. The smallest absolute Gasteiger partial charge is 0.300 e. The maximum Gasteiger partial charge on any atom is 0.300 e. The average Bonchev–Trinajstić information content (AvgIpc) is 3.23. The summed E-state index contributed by atoms with van der Waals surface area (Å²) in [6, 6.07) is 25.7. The van der Waals surface area contributed by atoms with Gasteiger partial charge in [-0.15, -0.1) is 0 Å². The van der Waals surface area contributed by atoms with Crippen LogP contribution < -0.4 is 14.4 Å². The Kier molecular flexibility index (Phi) is 7.38. The predicted octanol–water partition coefficient (Wildman–Crippen LogP) is 7.38. The van der Waals surface area contributed by atoms with E-state index in [0.29, 0.717) is 28.4 Å². The number of ketones is 1. The van der Waals surface area contributed by atoms with Gasteiger partial charge in [-0.2, -0.15) is 0 Å². The van der Waals surface area contributed by atoms with E-state index in [1.807, 2.05) is 44.2 Å². The molecule has 1 aliphatic heterocycles. The van der Waals surface area contributed by atoms with Gasteiger partial charge in [0.1, 0.15) is 28.8 Å². The first-order chi connectivity index (χ1) is 19.3. The summed E-state index contributed by atoms with van der Waals surface area (Å²) in [4.78, 5) is 28.2. The highest BCUT2D eigenvalue weighted by molar-refractivity contribution is 6.51. The van der Waals surface area contributed by atoms with Crippen molar-refractivity contribution in [3.8, 4) is 17.2 Å². The number of amides is 1. The fraction of sp³-hybridized carbons (Fsp3) is 0.152. The van der Waals surface area contributed by atoms with Crippen molar-refractivity contribution in [3.05, 3.63) is 125 Å². The van der Waals surface area contributed by atoms with E-state index in [-0.39, 0.29) is 22.9 Å². The van der Waals surface area contributed by atoms with Gasteiger partial charge in [-0.1, -0.05) is 50.2 Å². The topological polar surface area (TPSA) is 76.1 Å². The molecule has 4 aromatic carbocycles. The molecule has 1 heterocycles. The van der Waals surface area contributed by atoms with Crippen molar-refractivity contribution >= 4 is 23.1 Å². The molecule has 1 N–H and O–H groups in total. The van der Waals surface area contributed by atoms with E-state index >= 15 is 0 Å². The number of carbonyl (C=O) groups is 2. The molecule has 0 aliphatic carbocycles. The molecule has 7 heteroatoms. The first-order valence-electron chi connectivity index (χ1n) is 12.9. The van der Waals surface area contributed by atoms with Gasteiger partial charge in [0.05, 0.1) is 18.7 Å². The van der Waals surface area contributed by atoms with Crippen LogP contribution in [0.2, 0.25) is 0 Å². The number of rotatable bonds is 7. The molecule has 0 radical (unpaired) electrons. The lowest BCUT2D eigenvalue weighted by Gasteiger charge is -2.26. The standard InChI is InChI=1S/C33H28FNO5/c1-20(2)27-18-22(15-16-28(27)39-3)31(36)29-30(35(33(38)32(29)37)24-11-8-10-23(34)19-24)21-9-7-14-26(17-21)40-25-12-5-4-6-13-25/h4-20,30,36H,1-3H3/b31-29+. The summed E-state index contributed by atoms with van der Waals surface area (Å²) < 4.78 is 25.7. The number of carbonyl (C=O) groups excluding carboxylic acids is 2. The van der Waals surface area contributed by atoms with Crippen molar-refractivity contribution in [1.82, 2.24) is 0 Å². The van der Waals surface area contributed by atoms with Gasteiger partial charge in [-0.05, 0) is 77.7 Å². The molecule has 0 bridgehead atoms. The minimum Gasteiger partial charge on any atom is -0.507 e. The van der Waals surface area contributed by atoms with Crippen LogP contribution in [0.5, 0.6) is 17.2 Å². The van der Waals surface area contributed by atoms with E-state index in [1.165, 1.54) is 23.1 Å². The van der Waals surface area contributed by atoms with Gasteiger partial charge in [0.25, 0.3) is 11.7 Å². The summed E-state index contributed by atoms with van der Waals surface area (Å²) in [6.07, 6.45) is 0. The third-order valence-electron chi connectivity index (χ3n) is 6.81. The SMILES string of the molecule is COc1ccc(/C(O)=C2\C(=O)C(=O)N(c3cccc(F)c3)C2c2cccc(Oc3ccccc3)c2)cc1C(C)C. The number of anilines is 1. The fourth-order valence-electron chi connectivity index (χ4n) is 4.90. The van der Waals surface area contributed by atoms with Gasteiger partial charge in [0, 0.05) is 11.3 Å². The van der Waals surface area contributed by atoms with Gasteiger partial charge in [0.2, 0.25) is 0 Å². The highest BCUT2D eigenvalue weighted by Crippen LogP contribution is 2.43. The van der Waals surface area contributed by atoms with Gasteiger partial charge in [-0.25, -0.2) is 4.39 Å². The molecule has 0 spiro atoms. The quantitative estimate of drug-likeness (QED) is 0.151. The number of aliphatic hydroxyl groups excluding tert-OH is 1. The van der Waals surface area contributed by atoms with E-state index in [1.54, 1.807) is 55.6 Å². The van der Waals surface area contributed by atoms with Crippen LogP contribution in [0.3, 0.4) is 0 Å². The molecule has 0 aromatic heterocycles. The molecule has 4 aromatic rings. The minimum atomic E-state index is -1.04. The summed E-state index contributed by atoms with van der Waals surface area (Å²) in [6.45, 7) is 3.98. The van der Waals surface area contributed by atoms with Crippen molar-refractivity contribution < 1.29 is 28.6 Å². The molecule has 1 amide bonds. The van der Waals surface area contributed by atoms with Crippen molar-refractivity contribution in [2.75, 3.05) is 12.0 Å². The lowest BCUT2D eigenvalue weighted by Crippen LogP contribution is -2.29. The van der Waals surface area contributed by atoms with Gasteiger partial charge in [0.15, 0.2) is 0 Å². The molecule has 1 saturated heterocycles. The van der Waals surface area contributed by atoms with Crippen molar-refractivity contribution in [3.63, 3.8) is 0 Å². The van der Waals surface area contributed by atoms with Crippen LogP contribution in [0.15, 0.2) is 103 Å². The Balaban J connectivity index is 1.69. The van der Waals surface area contributed by atoms with Gasteiger partial charge >= 0.3 is 0 Å². The second-order valence-corrected chi connectivity index (χ2v) is 9.75. The Labute approximate surface area is 231 Å². The number of methoxy groups -OCH3 is 1. The van der Waals surface area contributed by atoms with Gasteiger partial charge in [-0.3, -0.25) is 14.5 Å². The molecule has 1 atom stereocenters. The lowest BCUT2D eigenvalue weighted by atomic mass is 9.93. The summed E-state index contributed by atoms with van der Waals surface area (Å²) in [5.41, 5.74) is 1.80. The minimum absolute atomic E-state index is 0.0695. The maximum absolute atomic E-state index is 14.3. The first kappa shape index (κ1) is 26.7. The number of halogens is 1. The highest BCUT2D eigenvalue weighted by atomic mass is 19.1. The summed E-state index contributed by atoms with van der Waals surface area (Å²) in [5.74, 6) is -0.836. The molecular formula is C33H28FNO5. The average molecular weight is 538 g/mol. The Bertz CT molecular complexity index is 1610. The highest BCUT2D eigenvalue weighted by Gasteiger charge is 2.47. The number of para-hydroxylation sites is 1. The molecule has 1 aliphatic rings. The normalized spacial score (nSPS) is 16.4. The summed E-state index contributed by atoms with van der Waals surface area (Å²) in [7, 11) is 1.57. The second kappa shape index (κ2) is 11.1. The van der Waals surface area contributed by atoms with E-state index in [0.717, 1.165) is 5.56 Å². The Morgan fingerprint density at radius 2 is 1.60 bits per heavy atom. The van der Waals surface area contributed by atoms with E-state index < -0.39 is 23.5 Å². The lowest BCUT2D eigenvalue weighted by molar-refractivity contribution is -0.132. The molecular weight excluding hydrogens is 509 g/mol. The van der Waals surface area contributed by atoms with E-state index in [9.17, 15) is 19.1 Å². The van der Waals surface area contributed by atoms with Crippen LogP contribution in [-0.2, 0) is 9.59 Å². The molecule has 0 saturated carbocycles. The Hall–Kier alpha value is -4.91. The number of Topliss-reactive ketones (excluding diaryl/α,β-unsaturated/α-hetero) is 1. The zero-order chi connectivity index (χ0) is 28.4. The summed E-state index contributed by atoms with van der Waals surface area (Å²) >= 11 is 0. The monoisotopic (exact) mass is 537 g/mol. The molecule has 1 fully saturated rings. The molecule has 40 heavy (non-hydrogen) atoms. The third-order valence-corrected chi connectivity index (χ3v) is 6.81. The van der Waals surface area contributed by atoms with Crippen molar-refractivity contribution in [1.29, 1.82) is 0 Å². The van der Waals surface area contributed by atoms with Gasteiger partial charge < -0.3 is 14.6 Å². The molecule has 1 unspecified atom stereocenters. The predicted molar refractivity (Wildman–Crippen MR) is 151 cm³/mol. The number of benzene rings is 4. The van der Waals surface area contributed by atoms with Crippen LogP contribution in [0.25, 0.3) is 5.76 Å². The Morgan fingerprint density at radius 1 is 0.875 bits per heavy atom. The van der Waals surface area contributed by atoms with Crippen LogP contribution in [0.4, 0.5) is 10.1 Å². The van der Waals surface area contributed by atoms with Crippen LogP contribution in [-0.4, -0.2) is 23.9 Å². The maximum atomic E-state index is 14.3.